The van der Waals surface area contributed by atoms with Crippen LogP contribution in [0.3, 0.4) is 0 Å². The Hall–Kier alpha value is 0.887. The van der Waals surface area contributed by atoms with Crippen molar-refractivity contribution in [2.75, 3.05) is 0 Å². The van der Waals surface area contributed by atoms with Gasteiger partial charge in [0.15, 0.2) is 0 Å². The molecule has 0 rings (SSSR count). The van der Waals surface area contributed by atoms with E-state index in [0.717, 1.165) is 0 Å². The topological polar surface area (TPSA) is 112 Å². The Morgan fingerprint density at radius 3 is 0.857 bits per heavy atom. The van der Waals surface area contributed by atoms with Gasteiger partial charge in [-0.2, -0.15) is 0 Å². The molecule has 0 saturated heterocycles. The van der Waals surface area contributed by atoms with Gasteiger partial charge in [-0.15, -0.1) is 0 Å². The van der Waals surface area contributed by atoms with E-state index in [1.54, 1.807) is 0 Å². The van der Waals surface area contributed by atoms with E-state index in [0.29, 0.717) is 0 Å². The molecule has 0 heterocycles. The Morgan fingerprint density at radius 1 is 0.857 bits per heavy atom. The average molecular weight is 293 g/mol. The number of hydrogen-bond donors (Lipinski definition) is 4. The molecule has 0 fully saturated rings. The van der Waals surface area contributed by atoms with E-state index in [1.165, 1.54) is 0 Å². The van der Waals surface area contributed by atoms with Crippen molar-refractivity contribution >= 4 is 9.05 Å². The molecule has 0 bridgehead atoms. The van der Waals surface area contributed by atoms with Crippen molar-refractivity contribution in [2.24, 2.45) is 0 Å². The molecule has 0 amide bonds. The van der Waals surface area contributed by atoms with Crippen LogP contribution in [0.15, 0.2) is 0 Å². The van der Waals surface area contributed by atoms with Gasteiger partial charge in [0.05, 0.1) is 0 Å². The average Bonchev–Trinajstić information content (AvgIpc) is 0.722. The van der Waals surface area contributed by atoms with Gasteiger partial charge in [0.2, 0.25) is 0 Å². The first-order valence-corrected chi connectivity index (χ1v) is 2.68. The Bertz CT molecular complexity index is 23.6. The summed E-state index contributed by atoms with van der Waals surface area (Å²) in [5.41, 5.74) is 0. The van der Waals surface area contributed by atoms with Gasteiger partial charge in [0.25, 0.3) is 0 Å². The molecule has 0 aromatic carbocycles. The van der Waals surface area contributed by atoms with Crippen LogP contribution in [0.4, 0.5) is 0 Å². The van der Waals surface area contributed by atoms with Crippen molar-refractivity contribution in [2.45, 2.75) is 0 Å². The molecule has 0 saturated carbocycles. The molecule has 6 N–H and O–H groups in total. The summed E-state index contributed by atoms with van der Waals surface area (Å²) in [4.78, 5) is 29.3. The second-order valence-corrected chi connectivity index (χ2v) is 1.80. The smallest absolute Gasteiger partial charge is 0.412 e. The first-order chi connectivity index (χ1) is 2.00. The zero-order chi connectivity index (χ0) is 4.50. The van der Waals surface area contributed by atoms with Crippen LogP contribution in [0.25, 0.3) is 0 Å². The van der Waals surface area contributed by atoms with Crippen LogP contribution in [-0.2, 0) is 25.8 Å². The van der Waals surface area contributed by atoms with Crippen molar-refractivity contribution in [3.63, 3.8) is 0 Å². The Labute approximate surface area is 59.8 Å². The van der Waals surface area contributed by atoms with Crippen LogP contribution in [0, 0.1) is 0 Å². The van der Waals surface area contributed by atoms with Crippen LogP contribution < -0.4 is 0 Å². The van der Waals surface area contributed by atoms with Crippen LogP contribution in [-0.4, -0.2) is 33.7 Å². The monoisotopic (exact) mass is 294 g/mol. The molecule has 0 radical (unpaired) electrons. The van der Waals surface area contributed by atoms with Crippen molar-refractivity contribution in [1.29, 1.82) is 0 Å². The summed E-state index contributed by atoms with van der Waals surface area (Å²) in [5.74, 6) is 0. The molecule has 0 aliphatic heterocycles. The Balaban J connectivity index is -0.0000000800. The van der Waals surface area contributed by atoms with Gasteiger partial charge >= 0.3 is 9.05 Å². The van der Waals surface area contributed by atoms with Crippen LogP contribution in [0.2, 0.25) is 0 Å². The quantitative estimate of drug-likeness (QED) is 0.348. The largest absolute Gasteiger partial charge is 0.668 e. The van der Waals surface area contributed by atoms with E-state index >= 15 is 0 Å². The second kappa shape index (κ2) is 5.03. The van der Waals surface area contributed by atoms with E-state index < -0.39 is 9.05 Å². The van der Waals surface area contributed by atoms with Gasteiger partial charge in [-0.3, -0.25) is 0 Å². The molecule has 0 spiro atoms. The number of rotatable bonds is 0. The normalized spacial score (nSPS) is 8.57. The van der Waals surface area contributed by atoms with Gasteiger partial charge in [-0.25, -0.2) is 0 Å². The molecule has 0 aromatic heterocycles. The van der Waals surface area contributed by atoms with Crippen LogP contribution >= 0.6 is 0 Å². The zero-order valence-corrected chi connectivity index (χ0v) is 7.88. The van der Waals surface area contributed by atoms with Crippen LogP contribution in [0.1, 0.15) is 0 Å². The molecule has 7 heavy (non-hydrogen) atoms. The molecular weight excluding hydrogens is 287 g/mol. The minimum atomic E-state index is -4.61. The maximum absolute atomic E-state index is 7.33. The summed E-state index contributed by atoms with van der Waals surface area (Å²) >= 11 is 0. The maximum Gasteiger partial charge on any atom is 0.668 e. The summed E-state index contributed by atoms with van der Waals surface area (Å²) in [6.45, 7) is 0. The molecule has 0 aliphatic rings. The predicted octanol–water partition coefficient (Wildman–Crippen LogP) is -3.44. The van der Waals surface area contributed by atoms with E-state index in [9.17, 15) is 0 Å². The fraction of sp³-hybridized carbons (Fsp3) is 0. The van der Waals surface area contributed by atoms with E-state index in [-0.39, 0.29) is 31.3 Å². The molecular formula is H6HfO5Si. The molecule has 7 heteroatoms. The van der Waals surface area contributed by atoms with Gasteiger partial charge < -0.3 is 24.7 Å². The van der Waals surface area contributed by atoms with Crippen molar-refractivity contribution in [3.8, 4) is 0 Å². The third-order valence-electron chi connectivity index (χ3n) is 0. The molecule has 0 aliphatic carbocycles. The standard InChI is InChI=1S/Hf.H4O4Si.H2O/c;1-5(2,3)4;/h;1-4H;1H2. The molecule has 44 valence electrons. The first-order valence-electron chi connectivity index (χ1n) is 0.894. The van der Waals surface area contributed by atoms with Crippen molar-refractivity contribution < 1.29 is 50.5 Å². The third-order valence-corrected chi connectivity index (χ3v) is 0. The van der Waals surface area contributed by atoms with E-state index in [4.69, 9.17) is 19.2 Å². The zero-order valence-electron chi connectivity index (χ0n) is 3.29. The van der Waals surface area contributed by atoms with Gasteiger partial charge in [-0.05, 0) is 0 Å². The minimum Gasteiger partial charge on any atom is -0.412 e. The summed E-state index contributed by atoms with van der Waals surface area (Å²) in [7, 11) is -4.61. The third kappa shape index (κ3) is 209. The molecule has 0 atom stereocenters. The van der Waals surface area contributed by atoms with Gasteiger partial charge in [0, 0.05) is 25.8 Å². The summed E-state index contributed by atoms with van der Waals surface area (Å²) in [6, 6.07) is 0. The van der Waals surface area contributed by atoms with E-state index in [2.05, 4.69) is 0 Å². The molecule has 5 nitrogen and oxygen atoms in total. The second-order valence-electron chi connectivity index (χ2n) is 0.600. The van der Waals surface area contributed by atoms with Crippen LogP contribution in [0.5, 0.6) is 0 Å². The van der Waals surface area contributed by atoms with Gasteiger partial charge in [-0.1, -0.05) is 0 Å². The van der Waals surface area contributed by atoms with Crippen molar-refractivity contribution in [3.05, 3.63) is 0 Å². The summed E-state index contributed by atoms with van der Waals surface area (Å²) in [5, 5.41) is 0. The number of hydrogen-bond acceptors (Lipinski definition) is 4. The fourth-order valence-electron chi connectivity index (χ4n) is 0. The Kier molecular flexibility index (Phi) is 11.3. The summed E-state index contributed by atoms with van der Waals surface area (Å²) < 4.78 is 0. The van der Waals surface area contributed by atoms with Crippen molar-refractivity contribution in [1.82, 2.24) is 0 Å². The SMILES string of the molecule is O.O[Si](O)(O)O.[Hf]. The molecule has 0 aromatic rings. The summed E-state index contributed by atoms with van der Waals surface area (Å²) in [6.07, 6.45) is 0. The Morgan fingerprint density at radius 2 is 0.857 bits per heavy atom. The molecule has 0 unspecified atom stereocenters. The fourth-order valence-corrected chi connectivity index (χ4v) is 0. The van der Waals surface area contributed by atoms with Gasteiger partial charge in [0.1, 0.15) is 0 Å². The maximum atomic E-state index is 7.33. The predicted molar refractivity (Wildman–Crippen MR) is 18.2 cm³/mol. The van der Waals surface area contributed by atoms with E-state index in [1.807, 2.05) is 0 Å². The minimum absolute atomic E-state index is 0. The first kappa shape index (κ1) is 15.7.